The third-order valence-corrected chi connectivity index (χ3v) is 2.99. The number of amides is 1. The molecule has 0 bridgehead atoms. The highest BCUT2D eigenvalue weighted by atomic mass is 35.5. The Morgan fingerprint density at radius 1 is 1.42 bits per heavy atom. The maximum Gasteiger partial charge on any atom is 0.244 e. The first-order chi connectivity index (χ1) is 8.90. The van der Waals surface area contributed by atoms with Crippen molar-refractivity contribution in [3.05, 3.63) is 40.9 Å². The average Bonchev–Trinajstić information content (AvgIpc) is 2.38. The molecule has 1 aromatic carbocycles. The fourth-order valence-corrected chi connectivity index (χ4v) is 1.67. The van der Waals surface area contributed by atoms with Gasteiger partial charge in [0.15, 0.2) is 0 Å². The van der Waals surface area contributed by atoms with Crippen molar-refractivity contribution in [3.63, 3.8) is 0 Å². The minimum atomic E-state index is -1.03. The van der Waals surface area contributed by atoms with E-state index in [-0.39, 0.29) is 19.1 Å². The molecule has 0 unspecified atom stereocenters. The second kappa shape index (κ2) is 6.70. The first kappa shape index (κ1) is 15.7. The minimum absolute atomic E-state index is 0.334. The zero-order chi connectivity index (χ0) is 14.5. The number of carbonyl (C=O) groups is 1. The zero-order valence-corrected chi connectivity index (χ0v) is 11.7. The van der Waals surface area contributed by atoms with Gasteiger partial charge in [-0.3, -0.25) is 4.79 Å². The monoisotopic (exact) mass is 283 g/mol. The first-order valence-corrected chi connectivity index (χ1v) is 6.26. The molecule has 1 amide bonds. The van der Waals surface area contributed by atoms with Crippen LogP contribution in [0.2, 0.25) is 5.02 Å². The molecule has 0 radical (unpaired) electrons. The lowest BCUT2D eigenvalue weighted by Gasteiger charge is -2.25. The molecule has 0 aliphatic rings. The van der Waals surface area contributed by atoms with Gasteiger partial charge < -0.3 is 15.5 Å². The van der Waals surface area contributed by atoms with E-state index in [0.717, 1.165) is 11.1 Å². The van der Waals surface area contributed by atoms with E-state index in [1.807, 2.05) is 6.07 Å². The number of nitrogens with one attached hydrogen (secondary N) is 1. The van der Waals surface area contributed by atoms with Gasteiger partial charge in [0.25, 0.3) is 0 Å². The van der Waals surface area contributed by atoms with Gasteiger partial charge in [0, 0.05) is 11.1 Å². The third-order valence-electron chi connectivity index (χ3n) is 2.75. The molecule has 0 saturated carbocycles. The number of hydrogen-bond donors (Lipinski definition) is 3. The number of benzene rings is 1. The summed E-state index contributed by atoms with van der Waals surface area (Å²) in [4.78, 5) is 11.8. The lowest BCUT2D eigenvalue weighted by molar-refractivity contribution is -0.119. The van der Waals surface area contributed by atoms with Crippen LogP contribution in [0.25, 0.3) is 5.57 Å². The molecule has 19 heavy (non-hydrogen) atoms. The summed E-state index contributed by atoms with van der Waals surface area (Å²) in [5.74, 6) is -0.372. The van der Waals surface area contributed by atoms with E-state index < -0.39 is 5.54 Å². The van der Waals surface area contributed by atoms with Gasteiger partial charge in [0.05, 0.1) is 18.8 Å². The number of halogens is 1. The summed E-state index contributed by atoms with van der Waals surface area (Å²) in [6, 6.07) is 7.17. The quantitative estimate of drug-likeness (QED) is 0.719. The van der Waals surface area contributed by atoms with Crippen molar-refractivity contribution < 1.29 is 15.0 Å². The standard InChI is InChI=1S/C14H18ClNO3/c1-10(11-4-3-5-12(15)7-11)6-13(19)16-14(2,8-17)9-18/h3-7,17-18H,8-9H2,1-2H3,(H,16,19). The lowest BCUT2D eigenvalue weighted by atomic mass is 10.0. The van der Waals surface area contributed by atoms with Crippen LogP contribution < -0.4 is 5.32 Å². The minimum Gasteiger partial charge on any atom is -0.394 e. The van der Waals surface area contributed by atoms with Crippen LogP contribution in [-0.4, -0.2) is 34.9 Å². The Hall–Kier alpha value is -1.36. The maximum absolute atomic E-state index is 11.8. The van der Waals surface area contributed by atoms with E-state index in [9.17, 15) is 4.79 Å². The van der Waals surface area contributed by atoms with E-state index >= 15 is 0 Å². The van der Waals surface area contributed by atoms with Crippen LogP contribution in [0.4, 0.5) is 0 Å². The van der Waals surface area contributed by atoms with E-state index in [1.165, 1.54) is 6.08 Å². The average molecular weight is 284 g/mol. The summed E-state index contributed by atoms with van der Waals surface area (Å²) in [7, 11) is 0. The predicted molar refractivity (Wildman–Crippen MR) is 75.8 cm³/mol. The van der Waals surface area contributed by atoms with Crippen molar-refractivity contribution in [1.29, 1.82) is 0 Å². The molecule has 4 nitrogen and oxygen atoms in total. The van der Waals surface area contributed by atoms with E-state index in [2.05, 4.69) is 5.32 Å². The number of carbonyl (C=O) groups excluding carboxylic acids is 1. The highest BCUT2D eigenvalue weighted by Crippen LogP contribution is 2.18. The summed E-state index contributed by atoms with van der Waals surface area (Å²) in [6.07, 6.45) is 1.41. The summed E-state index contributed by atoms with van der Waals surface area (Å²) < 4.78 is 0. The molecule has 0 spiro atoms. The van der Waals surface area contributed by atoms with Crippen LogP contribution in [0.15, 0.2) is 30.3 Å². The van der Waals surface area contributed by atoms with E-state index in [1.54, 1.807) is 32.0 Å². The molecular weight excluding hydrogens is 266 g/mol. The molecule has 0 atom stereocenters. The topological polar surface area (TPSA) is 69.6 Å². The zero-order valence-electron chi connectivity index (χ0n) is 11.0. The van der Waals surface area contributed by atoms with Crippen molar-refractivity contribution in [2.75, 3.05) is 13.2 Å². The normalized spacial score (nSPS) is 12.4. The summed E-state index contributed by atoms with van der Waals surface area (Å²) in [6.45, 7) is 2.69. The van der Waals surface area contributed by atoms with Crippen molar-refractivity contribution in [1.82, 2.24) is 5.32 Å². The predicted octanol–water partition coefficient (Wildman–Crippen LogP) is 1.60. The smallest absolute Gasteiger partial charge is 0.244 e. The van der Waals surface area contributed by atoms with Crippen LogP contribution in [0.5, 0.6) is 0 Å². The number of rotatable bonds is 5. The van der Waals surface area contributed by atoms with Crippen LogP contribution in [0.1, 0.15) is 19.4 Å². The molecule has 104 valence electrons. The SMILES string of the molecule is CC(=CC(=O)NC(C)(CO)CO)c1cccc(Cl)c1. The van der Waals surface area contributed by atoms with Crippen molar-refractivity contribution >= 4 is 23.1 Å². The number of allylic oxidation sites excluding steroid dienone is 1. The summed E-state index contributed by atoms with van der Waals surface area (Å²) >= 11 is 5.88. The second-order valence-electron chi connectivity index (χ2n) is 4.70. The molecule has 0 aromatic heterocycles. The van der Waals surface area contributed by atoms with Gasteiger partial charge in [0.1, 0.15) is 0 Å². The van der Waals surface area contributed by atoms with Gasteiger partial charge in [-0.25, -0.2) is 0 Å². The van der Waals surface area contributed by atoms with Gasteiger partial charge in [0.2, 0.25) is 5.91 Å². The molecule has 0 aliphatic carbocycles. The van der Waals surface area contributed by atoms with Gasteiger partial charge >= 0.3 is 0 Å². The first-order valence-electron chi connectivity index (χ1n) is 5.88. The molecule has 0 aliphatic heterocycles. The molecule has 5 heteroatoms. The Bertz CT molecular complexity index is 481. The number of aliphatic hydroxyl groups is 2. The Morgan fingerprint density at radius 3 is 2.58 bits per heavy atom. The fourth-order valence-electron chi connectivity index (χ4n) is 1.48. The molecule has 0 heterocycles. The summed E-state index contributed by atoms with van der Waals surface area (Å²) in [5, 5.41) is 21.4. The number of hydrogen-bond acceptors (Lipinski definition) is 3. The molecule has 1 aromatic rings. The third kappa shape index (κ3) is 4.67. The highest BCUT2D eigenvalue weighted by molar-refractivity contribution is 6.30. The van der Waals surface area contributed by atoms with Crippen LogP contribution in [-0.2, 0) is 4.79 Å². The van der Waals surface area contributed by atoms with Crippen LogP contribution >= 0.6 is 11.6 Å². The van der Waals surface area contributed by atoms with Crippen molar-refractivity contribution in [2.24, 2.45) is 0 Å². The molecular formula is C14H18ClNO3. The molecule has 0 saturated heterocycles. The molecule has 3 N–H and O–H groups in total. The van der Waals surface area contributed by atoms with Crippen LogP contribution in [0.3, 0.4) is 0 Å². The lowest BCUT2D eigenvalue weighted by Crippen LogP contribution is -2.51. The summed E-state index contributed by atoms with van der Waals surface area (Å²) in [5.41, 5.74) is 0.568. The Labute approximate surface area is 117 Å². The maximum atomic E-state index is 11.8. The van der Waals surface area contributed by atoms with Crippen molar-refractivity contribution in [3.8, 4) is 0 Å². The Kier molecular flexibility index (Phi) is 5.54. The van der Waals surface area contributed by atoms with Gasteiger partial charge in [-0.05, 0) is 37.1 Å². The fraction of sp³-hybridized carbons (Fsp3) is 0.357. The van der Waals surface area contributed by atoms with E-state index in [0.29, 0.717) is 5.02 Å². The van der Waals surface area contributed by atoms with Gasteiger partial charge in [-0.15, -0.1) is 0 Å². The van der Waals surface area contributed by atoms with Gasteiger partial charge in [-0.2, -0.15) is 0 Å². The Balaban J connectivity index is 2.82. The largest absolute Gasteiger partial charge is 0.394 e. The highest BCUT2D eigenvalue weighted by Gasteiger charge is 2.23. The van der Waals surface area contributed by atoms with E-state index in [4.69, 9.17) is 21.8 Å². The second-order valence-corrected chi connectivity index (χ2v) is 5.14. The molecule has 1 rings (SSSR count). The number of aliphatic hydroxyl groups excluding tert-OH is 2. The van der Waals surface area contributed by atoms with Crippen LogP contribution in [0, 0.1) is 0 Å². The Morgan fingerprint density at radius 2 is 2.05 bits per heavy atom. The van der Waals surface area contributed by atoms with Crippen molar-refractivity contribution in [2.45, 2.75) is 19.4 Å². The molecule has 0 fully saturated rings. The van der Waals surface area contributed by atoms with Gasteiger partial charge in [-0.1, -0.05) is 23.7 Å².